The molecule has 0 amide bonds. The van der Waals surface area contributed by atoms with Gasteiger partial charge in [-0.15, -0.1) is 0 Å². The van der Waals surface area contributed by atoms with Crippen LogP contribution in [-0.4, -0.2) is 0 Å². The highest BCUT2D eigenvalue weighted by molar-refractivity contribution is 6.14. The van der Waals surface area contributed by atoms with Crippen LogP contribution in [0.4, 0.5) is 4.39 Å². The molecule has 4 aromatic carbocycles. The average Bonchev–Trinajstić information content (AvgIpc) is 3.34. The second kappa shape index (κ2) is 8.97. The summed E-state index contributed by atoms with van der Waals surface area (Å²) in [5, 5.41) is 11.5. The molecule has 0 saturated carbocycles. The third-order valence-electron chi connectivity index (χ3n) is 7.01. The van der Waals surface area contributed by atoms with Crippen molar-refractivity contribution in [3.05, 3.63) is 113 Å². The Kier molecular flexibility index (Phi) is 4.17. The molecular weight excluding hydrogens is 471 g/mol. The standard InChI is InChI=1S/C34H26FN2O/c1-20-10-13-27-28-15-12-25(18-36)32(24-11-14-26(21(2)16-24)23-8-6-5-7-9-23)34(28)38-33(27)31(20)30-17-22(3)29(35)19-37(30)4/h5-17,19H,1-4H3/q+1/i2D3,3D3. The van der Waals surface area contributed by atoms with E-state index in [1.807, 2.05) is 49.4 Å². The molecule has 0 bridgehead atoms. The van der Waals surface area contributed by atoms with Crippen LogP contribution in [0.1, 0.15) is 30.5 Å². The Morgan fingerprint density at radius 2 is 1.55 bits per heavy atom. The molecule has 6 rings (SSSR count). The Bertz CT molecular complexity index is 2140. The zero-order valence-electron chi connectivity index (χ0n) is 26.8. The minimum Gasteiger partial charge on any atom is -0.454 e. The highest BCUT2D eigenvalue weighted by atomic mass is 19.1. The van der Waals surface area contributed by atoms with E-state index >= 15 is 0 Å². The van der Waals surface area contributed by atoms with Crippen molar-refractivity contribution in [2.75, 3.05) is 0 Å². The van der Waals surface area contributed by atoms with E-state index in [0.29, 0.717) is 55.4 Å². The smallest absolute Gasteiger partial charge is 0.216 e. The zero-order chi connectivity index (χ0) is 31.6. The zero-order valence-corrected chi connectivity index (χ0v) is 20.8. The van der Waals surface area contributed by atoms with Gasteiger partial charge in [-0.3, -0.25) is 0 Å². The second-order valence-corrected chi connectivity index (χ2v) is 9.37. The van der Waals surface area contributed by atoms with Gasteiger partial charge in [0.1, 0.15) is 18.2 Å². The van der Waals surface area contributed by atoms with Crippen molar-refractivity contribution in [2.24, 2.45) is 7.05 Å². The maximum absolute atomic E-state index is 14.7. The largest absolute Gasteiger partial charge is 0.454 e. The Morgan fingerprint density at radius 3 is 2.29 bits per heavy atom. The van der Waals surface area contributed by atoms with Crippen LogP contribution in [0.2, 0.25) is 0 Å². The Morgan fingerprint density at radius 1 is 0.816 bits per heavy atom. The van der Waals surface area contributed by atoms with E-state index in [9.17, 15) is 9.65 Å². The van der Waals surface area contributed by atoms with Crippen molar-refractivity contribution in [1.29, 1.82) is 5.26 Å². The summed E-state index contributed by atoms with van der Waals surface area (Å²) < 4.78 is 71.2. The molecule has 0 fully saturated rings. The van der Waals surface area contributed by atoms with E-state index in [4.69, 9.17) is 12.6 Å². The van der Waals surface area contributed by atoms with E-state index in [2.05, 4.69) is 6.07 Å². The molecule has 0 unspecified atom stereocenters. The maximum atomic E-state index is 14.7. The van der Waals surface area contributed by atoms with E-state index in [1.54, 1.807) is 37.4 Å². The van der Waals surface area contributed by atoms with Crippen molar-refractivity contribution >= 4 is 21.9 Å². The van der Waals surface area contributed by atoms with Gasteiger partial charge in [-0.1, -0.05) is 60.7 Å². The van der Waals surface area contributed by atoms with Crippen molar-refractivity contribution < 1.29 is 21.6 Å². The lowest BCUT2D eigenvalue weighted by atomic mass is 9.92. The summed E-state index contributed by atoms with van der Waals surface area (Å²) in [5.41, 5.74) is 4.94. The first-order valence-corrected chi connectivity index (χ1v) is 12.1. The number of nitriles is 1. The predicted octanol–water partition coefficient (Wildman–Crippen LogP) is 8.35. The molecule has 0 saturated heterocycles. The summed E-state index contributed by atoms with van der Waals surface area (Å²) in [4.78, 5) is 0. The van der Waals surface area contributed by atoms with E-state index in [1.165, 1.54) is 10.6 Å². The molecule has 0 radical (unpaired) electrons. The van der Waals surface area contributed by atoms with Gasteiger partial charge in [-0.2, -0.15) is 9.83 Å². The Labute approximate surface area is 229 Å². The molecule has 0 N–H and O–H groups in total. The number of benzene rings is 4. The number of hydrogen-bond acceptors (Lipinski definition) is 2. The Hall–Kier alpha value is -4.75. The lowest BCUT2D eigenvalue weighted by molar-refractivity contribution is -0.662. The van der Waals surface area contributed by atoms with Crippen LogP contribution in [0.15, 0.2) is 89.5 Å². The van der Waals surface area contributed by atoms with Gasteiger partial charge in [0.2, 0.25) is 11.9 Å². The van der Waals surface area contributed by atoms with Crippen molar-refractivity contribution in [3.8, 4) is 39.6 Å². The molecule has 2 heterocycles. The van der Waals surface area contributed by atoms with Crippen LogP contribution in [0.3, 0.4) is 0 Å². The van der Waals surface area contributed by atoms with Gasteiger partial charge in [0.25, 0.3) is 0 Å². The molecule has 6 aromatic rings. The predicted molar refractivity (Wildman–Crippen MR) is 150 cm³/mol. The van der Waals surface area contributed by atoms with Gasteiger partial charge in [-0.25, -0.2) is 4.39 Å². The molecule has 3 nitrogen and oxygen atoms in total. The summed E-state index contributed by atoms with van der Waals surface area (Å²) in [6, 6.07) is 25.1. The van der Waals surface area contributed by atoms with Crippen LogP contribution in [0, 0.1) is 37.8 Å². The van der Waals surface area contributed by atoms with Crippen LogP contribution in [0.25, 0.3) is 55.4 Å². The number of nitrogens with zero attached hydrogens (tertiary/aromatic N) is 2. The molecule has 0 spiro atoms. The molecule has 4 heteroatoms. The fraction of sp³-hybridized carbons (Fsp3) is 0.118. The normalized spacial score (nSPS) is 14.3. The van der Waals surface area contributed by atoms with Gasteiger partial charge in [-0.05, 0) is 66.1 Å². The number of hydrogen-bond donors (Lipinski definition) is 0. The third-order valence-corrected chi connectivity index (χ3v) is 7.01. The topological polar surface area (TPSA) is 40.8 Å². The molecule has 184 valence electrons. The summed E-state index contributed by atoms with van der Waals surface area (Å²) in [5.74, 6) is -0.837. The fourth-order valence-electron chi connectivity index (χ4n) is 5.13. The monoisotopic (exact) mass is 503 g/mol. The molecule has 38 heavy (non-hydrogen) atoms. The van der Waals surface area contributed by atoms with Crippen molar-refractivity contribution in [2.45, 2.75) is 20.6 Å². The van der Waals surface area contributed by atoms with Crippen LogP contribution < -0.4 is 4.57 Å². The van der Waals surface area contributed by atoms with E-state index < -0.39 is 25.1 Å². The number of aromatic nitrogens is 1. The van der Waals surface area contributed by atoms with E-state index in [0.717, 1.165) is 17.3 Å². The van der Waals surface area contributed by atoms with Gasteiger partial charge in [0, 0.05) is 30.6 Å². The summed E-state index contributed by atoms with van der Waals surface area (Å²) in [6.07, 6.45) is 1.14. The van der Waals surface area contributed by atoms with Crippen LogP contribution in [-0.2, 0) is 7.05 Å². The molecule has 0 aliphatic carbocycles. The number of fused-ring (bicyclic) bond motifs is 3. The average molecular weight is 504 g/mol. The number of pyridine rings is 1. The number of rotatable bonds is 3. The summed E-state index contributed by atoms with van der Waals surface area (Å²) in [7, 11) is 1.63. The minimum absolute atomic E-state index is 0.144. The second-order valence-electron chi connectivity index (χ2n) is 9.37. The quantitative estimate of drug-likeness (QED) is 0.228. The van der Waals surface area contributed by atoms with Crippen molar-refractivity contribution in [1.82, 2.24) is 0 Å². The first-order chi connectivity index (χ1) is 20.8. The van der Waals surface area contributed by atoms with Crippen molar-refractivity contribution in [3.63, 3.8) is 0 Å². The lowest BCUT2D eigenvalue weighted by Gasteiger charge is -2.11. The molecular formula is C34H26FN2O+. The molecule has 0 aliphatic heterocycles. The molecule has 0 aliphatic rings. The number of halogens is 1. The SMILES string of the molecule is [2H]C([2H])([2H])c1cc(-c2c(C)ccc3c2oc2c(-c4ccc(-c5ccccc5)c(C([2H])([2H])[2H])c4)c(C#N)ccc23)[n+](C)cc1F. The number of furan rings is 1. The first-order valence-electron chi connectivity index (χ1n) is 15.1. The third kappa shape index (κ3) is 3.67. The minimum atomic E-state index is -2.66. The number of aryl methyl sites for hydroxylation is 4. The van der Waals surface area contributed by atoms with Gasteiger partial charge < -0.3 is 4.42 Å². The highest BCUT2D eigenvalue weighted by Crippen LogP contribution is 2.42. The Balaban J connectivity index is 1.66. The maximum Gasteiger partial charge on any atom is 0.216 e. The lowest BCUT2D eigenvalue weighted by Crippen LogP contribution is -2.31. The fourth-order valence-corrected chi connectivity index (χ4v) is 5.13. The molecule has 2 aromatic heterocycles. The summed E-state index contributed by atoms with van der Waals surface area (Å²) >= 11 is 0. The van der Waals surface area contributed by atoms with Gasteiger partial charge in [0.05, 0.1) is 17.2 Å². The molecule has 0 atom stereocenters. The highest BCUT2D eigenvalue weighted by Gasteiger charge is 2.24. The van der Waals surface area contributed by atoms with E-state index in [-0.39, 0.29) is 5.56 Å². The van der Waals surface area contributed by atoms with Crippen LogP contribution >= 0.6 is 0 Å². The van der Waals surface area contributed by atoms with Crippen LogP contribution in [0.5, 0.6) is 0 Å². The summed E-state index contributed by atoms with van der Waals surface area (Å²) in [6.45, 7) is -3.24. The first kappa shape index (κ1) is 17.7. The van der Waals surface area contributed by atoms with Gasteiger partial charge in [0.15, 0.2) is 5.82 Å². The van der Waals surface area contributed by atoms with Gasteiger partial charge >= 0.3 is 0 Å².